The number of likely N-dealkylation sites (N-methyl/N-ethyl adjacent to an activating group) is 1. The van der Waals surface area contributed by atoms with Crippen LogP contribution in [0, 0.1) is 0 Å². The van der Waals surface area contributed by atoms with Crippen LogP contribution in [-0.4, -0.2) is 24.6 Å². The summed E-state index contributed by atoms with van der Waals surface area (Å²) in [4.78, 5) is 0. The maximum Gasteiger partial charge on any atom is 0.0227 e. The van der Waals surface area contributed by atoms with E-state index in [1.54, 1.807) is 0 Å². The summed E-state index contributed by atoms with van der Waals surface area (Å²) in [6, 6.07) is 0. The van der Waals surface area contributed by atoms with Crippen LogP contribution in [-0.2, 0) is 0 Å². The van der Waals surface area contributed by atoms with Crippen molar-refractivity contribution in [3.05, 3.63) is 12.2 Å². The molecule has 0 aromatic carbocycles. The van der Waals surface area contributed by atoms with Crippen molar-refractivity contribution in [3.8, 4) is 0 Å². The molecule has 0 aromatic rings. The highest BCUT2D eigenvalue weighted by molar-refractivity contribution is 8.00. The van der Waals surface area contributed by atoms with Crippen LogP contribution in [0.25, 0.3) is 0 Å². The van der Waals surface area contributed by atoms with Gasteiger partial charge >= 0.3 is 0 Å². The maximum atomic E-state index is 3.10. The predicted molar refractivity (Wildman–Crippen MR) is 48.5 cm³/mol. The van der Waals surface area contributed by atoms with Gasteiger partial charge in [-0.05, 0) is 25.6 Å². The molecule has 1 atom stereocenters. The summed E-state index contributed by atoms with van der Waals surface area (Å²) in [5, 5.41) is 3.91. The van der Waals surface area contributed by atoms with Gasteiger partial charge in [-0.25, -0.2) is 0 Å². The number of thioether (sulfide) groups is 1. The fourth-order valence-electron chi connectivity index (χ4n) is 1.09. The molecule has 0 bridgehead atoms. The van der Waals surface area contributed by atoms with Crippen LogP contribution in [0.3, 0.4) is 0 Å². The molecule has 0 spiro atoms. The molecule has 1 unspecified atom stereocenters. The van der Waals surface area contributed by atoms with Crippen molar-refractivity contribution in [2.75, 3.05) is 19.3 Å². The zero-order chi connectivity index (χ0) is 7.23. The molecule has 1 N–H and O–H groups in total. The highest BCUT2D eigenvalue weighted by Crippen LogP contribution is 2.26. The number of rotatable bonds is 3. The average molecular weight is 157 g/mol. The van der Waals surface area contributed by atoms with Gasteiger partial charge in [0.25, 0.3) is 0 Å². The fraction of sp³-hybridized carbons (Fsp3) is 0.750. The van der Waals surface area contributed by atoms with E-state index in [1.165, 1.54) is 18.6 Å². The van der Waals surface area contributed by atoms with E-state index in [9.17, 15) is 0 Å². The molecular formula is C8H15NS. The Labute approximate surface area is 67.3 Å². The molecule has 0 aliphatic carbocycles. The van der Waals surface area contributed by atoms with E-state index in [1.807, 2.05) is 7.05 Å². The van der Waals surface area contributed by atoms with E-state index >= 15 is 0 Å². The second-order valence-corrected chi connectivity index (χ2v) is 3.88. The second-order valence-electron chi connectivity index (χ2n) is 2.54. The Hall–Kier alpha value is 0.0500. The van der Waals surface area contributed by atoms with Crippen molar-refractivity contribution in [2.45, 2.75) is 18.1 Å². The molecule has 1 saturated heterocycles. The van der Waals surface area contributed by atoms with Crippen LogP contribution in [0.2, 0.25) is 0 Å². The molecule has 0 saturated carbocycles. The Morgan fingerprint density at radius 1 is 1.70 bits per heavy atom. The Bertz CT molecular complexity index is 106. The van der Waals surface area contributed by atoms with Gasteiger partial charge in [0.15, 0.2) is 0 Å². The summed E-state index contributed by atoms with van der Waals surface area (Å²) in [7, 11) is 1.98. The standard InChI is InChI=1S/C8H15NS/c1-9-6-2-4-8-5-3-7-10-8/h2,4,8-9H,3,5-7H2,1H3/b4-2-. The lowest BCUT2D eigenvalue weighted by atomic mass is 10.2. The monoisotopic (exact) mass is 157 g/mol. The van der Waals surface area contributed by atoms with Gasteiger partial charge in [0, 0.05) is 11.8 Å². The van der Waals surface area contributed by atoms with Crippen LogP contribution in [0.4, 0.5) is 0 Å². The molecule has 1 aliphatic heterocycles. The van der Waals surface area contributed by atoms with Crippen molar-refractivity contribution < 1.29 is 0 Å². The molecule has 1 aliphatic rings. The van der Waals surface area contributed by atoms with Crippen molar-refractivity contribution >= 4 is 11.8 Å². The minimum absolute atomic E-state index is 0.813. The summed E-state index contributed by atoms with van der Waals surface area (Å²) >= 11 is 2.08. The van der Waals surface area contributed by atoms with Gasteiger partial charge in [-0.1, -0.05) is 12.2 Å². The van der Waals surface area contributed by atoms with Gasteiger partial charge in [0.1, 0.15) is 0 Å². The van der Waals surface area contributed by atoms with Crippen LogP contribution in [0.15, 0.2) is 12.2 Å². The Morgan fingerprint density at radius 3 is 3.20 bits per heavy atom. The zero-order valence-corrected chi connectivity index (χ0v) is 7.29. The number of hydrogen-bond donors (Lipinski definition) is 1. The van der Waals surface area contributed by atoms with Crippen LogP contribution in [0.5, 0.6) is 0 Å². The third-order valence-electron chi connectivity index (χ3n) is 1.64. The van der Waals surface area contributed by atoms with Crippen molar-refractivity contribution in [3.63, 3.8) is 0 Å². The summed E-state index contributed by atoms with van der Waals surface area (Å²) in [5.41, 5.74) is 0. The van der Waals surface area contributed by atoms with Gasteiger partial charge in [-0.15, -0.1) is 0 Å². The van der Waals surface area contributed by atoms with E-state index in [2.05, 4.69) is 29.2 Å². The molecule has 0 aromatic heterocycles. The Morgan fingerprint density at radius 2 is 2.60 bits per heavy atom. The molecule has 1 nitrogen and oxygen atoms in total. The largest absolute Gasteiger partial charge is 0.316 e. The first-order chi connectivity index (χ1) is 4.93. The maximum absolute atomic E-state index is 3.10. The summed E-state index contributed by atoms with van der Waals surface area (Å²) in [5.74, 6) is 1.36. The first kappa shape index (κ1) is 8.15. The molecular weight excluding hydrogens is 142 g/mol. The van der Waals surface area contributed by atoms with Crippen LogP contribution in [0.1, 0.15) is 12.8 Å². The first-order valence-electron chi connectivity index (χ1n) is 3.86. The third kappa shape index (κ3) is 2.76. The van der Waals surface area contributed by atoms with E-state index in [-0.39, 0.29) is 0 Å². The summed E-state index contributed by atoms with van der Waals surface area (Å²) in [6.07, 6.45) is 7.33. The topological polar surface area (TPSA) is 12.0 Å². The minimum Gasteiger partial charge on any atom is -0.316 e. The lowest BCUT2D eigenvalue weighted by molar-refractivity contribution is 0.869. The Balaban J connectivity index is 2.10. The highest BCUT2D eigenvalue weighted by atomic mass is 32.2. The summed E-state index contributed by atoms with van der Waals surface area (Å²) in [6.45, 7) is 1.01. The molecule has 2 heteroatoms. The van der Waals surface area contributed by atoms with Gasteiger partial charge in [-0.3, -0.25) is 0 Å². The van der Waals surface area contributed by atoms with E-state index in [0.717, 1.165) is 11.8 Å². The number of nitrogens with one attached hydrogen (secondary N) is 1. The molecule has 1 heterocycles. The molecule has 58 valence electrons. The van der Waals surface area contributed by atoms with Crippen LogP contribution >= 0.6 is 11.8 Å². The molecule has 1 fully saturated rings. The van der Waals surface area contributed by atoms with E-state index in [4.69, 9.17) is 0 Å². The smallest absolute Gasteiger partial charge is 0.0227 e. The zero-order valence-electron chi connectivity index (χ0n) is 6.47. The minimum atomic E-state index is 0.813. The molecule has 0 radical (unpaired) electrons. The van der Waals surface area contributed by atoms with Gasteiger partial charge < -0.3 is 5.32 Å². The lowest BCUT2D eigenvalue weighted by Crippen LogP contribution is -2.04. The normalized spacial score (nSPS) is 26.3. The van der Waals surface area contributed by atoms with Crippen LogP contribution < -0.4 is 5.32 Å². The third-order valence-corrected chi connectivity index (χ3v) is 2.98. The SMILES string of the molecule is CNC/C=C\C1CCCS1. The Kier molecular flexibility index (Phi) is 3.91. The van der Waals surface area contributed by atoms with Crippen molar-refractivity contribution in [1.29, 1.82) is 0 Å². The lowest BCUT2D eigenvalue weighted by Gasteiger charge is -1.98. The van der Waals surface area contributed by atoms with Gasteiger partial charge in [0.05, 0.1) is 0 Å². The molecule has 10 heavy (non-hydrogen) atoms. The molecule has 0 amide bonds. The quantitative estimate of drug-likeness (QED) is 0.625. The van der Waals surface area contributed by atoms with Gasteiger partial charge in [0.2, 0.25) is 0 Å². The van der Waals surface area contributed by atoms with E-state index < -0.39 is 0 Å². The second kappa shape index (κ2) is 4.80. The van der Waals surface area contributed by atoms with E-state index in [0.29, 0.717) is 0 Å². The fourth-order valence-corrected chi connectivity index (χ4v) is 2.28. The summed E-state index contributed by atoms with van der Waals surface area (Å²) < 4.78 is 0. The predicted octanol–water partition coefficient (Wildman–Crippen LogP) is 1.66. The van der Waals surface area contributed by atoms with Crippen molar-refractivity contribution in [1.82, 2.24) is 5.32 Å². The molecule has 1 rings (SSSR count). The number of hydrogen-bond acceptors (Lipinski definition) is 2. The van der Waals surface area contributed by atoms with Gasteiger partial charge in [-0.2, -0.15) is 11.8 Å². The van der Waals surface area contributed by atoms with Crippen molar-refractivity contribution in [2.24, 2.45) is 0 Å². The average Bonchev–Trinajstić information content (AvgIpc) is 2.41. The first-order valence-corrected chi connectivity index (χ1v) is 4.91. The highest BCUT2D eigenvalue weighted by Gasteiger charge is 2.10.